The van der Waals surface area contributed by atoms with Crippen molar-refractivity contribution in [2.75, 3.05) is 42.5 Å². The lowest BCUT2D eigenvalue weighted by Crippen LogP contribution is -2.63. The molecule has 320 valence electrons. The molecular weight excluding hydrogens is 761 g/mol. The first-order chi connectivity index (χ1) is 28.5. The molecule has 2 aliphatic carbocycles. The van der Waals surface area contributed by atoms with Gasteiger partial charge in [-0.05, 0) is 109 Å². The third kappa shape index (κ3) is 7.17. The Balaban J connectivity index is 0.867. The largest absolute Gasteiger partial charge is 0.385 e. The number of nitrogens with zero attached hydrogens (tertiary/aromatic N) is 7. The summed E-state index contributed by atoms with van der Waals surface area (Å²) in [6.07, 6.45) is 10.5. The van der Waals surface area contributed by atoms with Crippen LogP contribution in [0.3, 0.4) is 0 Å². The van der Waals surface area contributed by atoms with Gasteiger partial charge in [-0.25, -0.2) is 13.8 Å². The SMILES string of the molecule is CC(=O)N1CCC(NC2CCC3(CC2)CCN(c2ccc4c(n2)CN(C2C(C)(C)CC2(C)C)C4=O)CC3)=C(C(=N)N2CCCc3cc(-c4cnn(C)c4)c(C(F)F)cc32)C1. The van der Waals surface area contributed by atoms with Crippen molar-refractivity contribution in [3.8, 4) is 11.1 Å². The number of hydrogen-bond donors (Lipinski definition) is 2. The Labute approximate surface area is 353 Å². The maximum absolute atomic E-state index is 14.6. The van der Waals surface area contributed by atoms with E-state index in [2.05, 4.69) is 54.0 Å². The topological polar surface area (TPSA) is 114 Å². The third-order valence-electron chi connectivity index (χ3n) is 15.0. The van der Waals surface area contributed by atoms with Crippen LogP contribution < -0.4 is 15.1 Å². The van der Waals surface area contributed by atoms with Gasteiger partial charge < -0.3 is 24.9 Å². The van der Waals surface area contributed by atoms with Crippen molar-refractivity contribution in [2.24, 2.45) is 23.3 Å². The lowest BCUT2D eigenvalue weighted by molar-refractivity contribution is -0.128. The second-order valence-electron chi connectivity index (χ2n) is 20.1. The van der Waals surface area contributed by atoms with Gasteiger partial charge >= 0.3 is 0 Å². The van der Waals surface area contributed by atoms with E-state index in [9.17, 15) is 23.8 Å². The van der Waals surface area contributed by atoms with E-state index in [4.69, 9.17) is 4.98 Å². The predicted molar refractivity (Wildman–Crippen MR) is 230 cm³/mol. The molecule has 1 spiro atoms. The standard InChI is InChI=1S/C47H61F2N9O2/c1-29(59)56-19-13-37(36(26-56)42(50)57-18-7-8-30-22-34(31-24-51-54(6)25-31)35(41(48)49)23-39(30)57)52-32-11-14-47(15-12-32)16-20-55(21-17-47)40-10-9-33-38(53-40)27-58(43(33)60)44-45(2,3)28-46(44,4)5/h9-10,22-25,32,41,44,50,52H,7-8,11-21,26-28H2,1-6H3. The maximum atomic E-state index is 14.6. The highest BCUT2D eigenvalue weighted by molar-refractivity contribution is 6.09. The second kappa shape index (κ2) is 15.0. The highest BCUT2D eigenvalue weighted by Crippen LogP contribution is 2.57. The molecule has 11 nitrogen and oxygen atoms in total. The number of carbonyl (C=O) groups excluding carboxylic acids is 2. The number of anilines is 2. The number of aryl methyl sites for hydroxylation is 2. The summed E-state index contributed by atoms with van der Waals surface area (Å²) in [4.78, 5) is 39.5. The van der Waals surface area contributed by atoms with Crippen molar-refractivity contribution in [1.82, 2.24) is 29.9 Å². The number of piperidine rings is 1. The maximum Gasteiger partial charge on any atom is 0.264 e. The van der Waals surface area contributed by atoms with Crippen LogP contribution in [0.5, 0.6) is 0 Å². The Morgan fingerprint density at radius 1 is 0.950 bits per heavy atom. The van der Waals surface area contributed by atoms with Crippen molar-refractivity contribution in [3.05, 3.63) is 70.3 Å². The van der Waals surface area contributed by atoms with E-state index < -0.39 is 6.43 Å². The Hall–Kier alpha value is -4.81. The number of amides is 2. The van der Waals surface area contributed by atoms with Crippen LogP contribution in [0.2, 0.25) is 0 Å². The van der Waals surface area contributed by atoms with E-state index in [1.165, 1.54) is 0 Å². The molecule has 2 amide bonds. The molecule has 2 N–H and O–H groups in total. The van der Waals surface area contributed by atoms with E-state index in [0.29, 0.717) is 49.4 Å². The summed E-state index contributed by atoms with van der Waals surface area (Å²) in [5, 5.41) is 17.7. The van der Waals surface area contributed by atoms with Crippen molar-refractivity contribution in [2.45, 2.75) is 124 Å². The average Bonchev–Trinajstić information content (AvgIpc) is 3.78. The van der Waals surface area contributed by atoms with Gasteiger partial charge in [0.05, 0.1) is 30.5 Å². The van der Waals surface area contributed by atoms with Gasteiger partial charge in [-0.1, -0.05) is 27.7 Å². The summed E-state index contributed by atoms with van der Waals surface area (Å²) in [6, 6.07) is 7.97. The molecule has 2 aromatic heterocycles. The number of aromatic nitrogens is 3. The van der Waals surface area contributed by atoms with Crippen LogP contribution in [0, 0.1) is 21.7 Å². The number of nitrogens with one attached hydrogen (secondary N) is 2. The molecule has 1 aromatic carbocycles. The van der Waals surface area contributed by atoms with Crippen LogP contribution in [0.1, 0.15) is 126 Å². The minimum Gasteiger partial charge on any atom is -0.385 e. The van der Waals surface area contributed by atoms with Crippen molar-refractivity contribution >= 4 is 29.2 Å². The van der Waals surface area contributed by atoms with Gasteiger partial charge in [0.15, 0.2) is 0 Å². The molecular formula is C47H61F2N9O2. The summed E-state index contributed by atoms with van der Waals surface area (Å²) in [6.45, 7) is 14.6. The van der Waals surface area contributed by atoms with Gasteiger partial charge in [0.1, 0.15) is 11.7 Å². The Bertz CT molecular complexity index is 2230. The van der Waals surface area contributed by atoms with E-state index in [1.807, 2.05) is 17.0 Å². The second-order valence-corrected chi connectivity index (χ2v) is 20.1. The van der Waals surface area contributed by atoms with Crippen molar-refractivity contribution < 1.29 is 18.4 Å². The van der Waals surface area contributed by atoms with Crippen LogP contribution in [0.25, 0.3) is 11.1 Å². The molecule has 2 saturated carbocycles. The van der Waals surface area contributed by atoms with E-state index >= 15 is 0 Å². The van der Waals surface area contributed by atoms with Gasteiger partial charge in [0.2, 0.25) is 5.91 Å². The van der Waals surface area contributed by atoms with Crippen LogP contribution in [0.15, 0.2) is 47.9 Å². The van der Waals surface area contributed by atoms with Gasteiger partial charge in [-0.3, -0.25) is 19.7 Å². The number of pyridine rings is 1. The lowest BCUT2D eigenvalue weighted by atomic mass is 9.51. The quantitative estimate of drug-likeness (QED) is 0.182. The summed E-state index contributed by atoms with van der Waals surface area (Å²) >= 11 is 0. The fourth-order valence-corrected chi connectivity index (χ4v) is 12.5. The number of amidine groups is 1. The zero-order valence-corrected chi connectivity index (χ0v) is 36.2. The molecule has 3 aromatic rings. The molecule has 1 saturated heterocycles. The molecule has 60 heavy (non-hydrogen) atoms. The minimum absolute atomic E-state index is 0.0299. The minimum atomic E-state index is -2.68. The van der Waals surface area contributed by atoms with Gasteiger partial charge in [0.25, 0.3) is 12.3 Å². The zero-order chi connectivity index (χ0) is 42.3. The number of benzene rings is 1. The molecule has 3 fully saturated rings. The van der Waals surface area contributed by atoms with Crippen LogP contribution in [-0.4, -0.2) is 87.0 Å². The molecule has 6 heterocycles. The van der Waals surface area contributed by atoms with Crippen LogP contribution in [-0.2, 0) is 24.8 Å². The summed E-state index contributed by atoms with van der Waals surface area (Å²) in [5.41, 5.74) is 6.62. The Morgan fingerprint density at radius 3 is 2.33 bits per heavy atom. The number of rotatable bonds is 7. The Kier molecular flexibility index (Phi) is 10.1. The third-order valence-corrected chi connectivity index (χ3v) is 15.0. The van der Waals surface area contributed by atoms with E-state index in [-0.39, 0.29) is 51.5 Å². The van der Waals surface area contributed by atoms with Gasteiger partial charge in [0, 0.05) is 92.9 Å². The highest BCUT2D eigenvalue weighted by Gasteiger charge is 2.58. The molecule has 0 atom stereocenters. The number of halogens is 2. The first-order valence-electron chi connectivity index (χ1n) is 22.1. The van der Waals surface area contributed by atoms with E-state index in [0.717, 1.165) is 105 Å². The van der Waals surface area contributed by atoms with Crippen LogP contribution in [0.4, 0.5) is 20.3 Å². The molecule has 4 aliphatic heterocycles. The molecule has 9 rings (SSSR count). The highest BCUT2D eigenvalue weighted by atomic mass is 19.3. The molecule has 0 radical (unpaired) electrons. The molecule has 6 aliphatic rings. The van der Waals surface area contributed by atoms with Crippen molar-refractivity contribution in [3.63, 3.8) is 0 Å². The average molecular weight is 822 g/mol. The number of fused-ring (bicyclic) bond motifs is 2. The fourth-order valence-electron chi connectivity index (χ4n) is 12.5. The zero-order valence-electron chi connectivity index (χ0n) is 36.2. The van der Waals surface area contributed by atoms with Gasteiger partial charge in [-0.15, -0.1) is 0 Å². The number of alkyl halides is 2. The van der Waals surface area contributed by atoms with Gasteiger partial charge in [-0.2, -0.15) is 5.10 Å². The number of hydrogen-bond acceptors (Lipinski definition) is 7. The molecule has 13 heteroatoms. The lowest BCUT2D eigenvalue weighted by Gasteiger charge is -2.60. The van der Waals surface area contributed by atoms with Crippen molar-refractivity contribution in [1.29, 1.82) is 5.41 Å². The smallest absolute Gasteiger partial charge is 0.264 e. The fraction of sp³-hybridized carbons (Fsp3) is 0.596. The first kappa shape index (κ1) is 40.6. The monoisotopic (exact) mass is 821 g/mol. The van der Waals surface area contributed by atoms with Crippen LogP contribution >= 0.6 is 0 Å². The normalized spacial score (nSPS) is 22.6. The number of carbonyl (C=O) groups is 2. The predicted octanol–water partition coefficient (Wildman–Crippen LogP) is 8.26. The first-order valence-corrected chi connectivity index (χ1v) is 22.1. The summed E-state index contributed by atoms with van der Waals surface area (Å²) in [7, 11) is 1.78. The summed E-state index contributed by atoms with van der Waals surface area (Å²) < 4.78 is 30.9. The molecule has 0 unspecified atom stereocenters. The Morgan fingerprint density at radius 2 is 1.68 bits per heavy atom. The summed E-state index contributed by atoms with van der Waals surface area (Å²) in [5.74, 6) is 1.36. The molecule has 0 bridgehead atoms. The van der Waals surface area contributed by atoms with E-state index in [1.54, 1.807) is 42.0 Å².